The van der Waals surface area contributed by atoms with Crippen molar-refractivity contribution in [2.45, 2.75) is 46.6 Å². The highest BCUT2D eigenvalue weighted by Gasteiger charge is 2.08. The number of ether oxygens (including phenoxy) is 2. The van der Waals surface area contributed by atoms with E-state index in [2.05, 4.69) is 0 Å². The number of esters is 1. The molecule has 0 bridgehead atoms. The Morgan fingerprint density at radius 2 is 1.79 bits per heavy atom. The van der Waals surface area contributed by atoms with Crippen molar-refractivity contribution in [1.29, 1.82) is 0 Å². The van der Waals surface area contributed by atoms with Gasteiger partial charge in [0.05, 0.1) is 12.7 Å². The highest BCUT2D eigenvalue weighted by molar-refractivity contribution is 5.70. The molecule has 0 spiro atoms. The van der Waals surface area contributed by atoms with Crippen molar-refractivity contribution in [3.05, 3.63) is 0 Å². The van der Waals surface area contributed by atoms with E-state index < -0.39 is 0 Å². The molecule has 3 nitrogen and oxygen atoms in total. The van der Waals surface area contributed by atoms with E-state index >= 15 is 0 Å². The zero-order chi connectivity index (χ0) is 11.0. The fourth-order valence-corrected chi connectivity index (χ4v) is 1.01. The van der Waals surface area contributed by atoms with Crippen LogP contribution in [0.2, 0.25) is 0 Å². The quantitative estimate of drug-likeness (QED) is 0.595. The van der Waals surface area contributed by atoms with Crippen LogP contribution in [0.5, 0.6) is 0 Å². The molecule has 0 saturated carbocycles. The maximum absolute atomic E-state index is 11.1. The minimum Gasteiger partial charge on any atom is -0.464 e. The summed E-state index contributed by atoms with van der Waals surface area (Å²) >= 11 is 0. The molecule has 0 aromatic heterocycles. The Hall–Kier alpha value is -0.570. The molecule has 0 atom stereocenters. The minimum absolute atomic E-state index is 0.0824. The molecule has 3 heteroatoms. The lowest BCUT2D eigenvalue weighted by molar-refractivity contribution is -0.152. The number of carbonyl (C=O) groups excluding carboxylic acids is 1. The Bertz CT molecular complexity index is 151. The topological polar surface area (TPSA) is 35.5 Å². The van der Waals surface area contributed by atoms with Crippen molar-refractivity contribution in [1.82, 2.24) is 0 Å². The first-order chi connectivity index (χ1) is 6.60. The van der Waals surface area contributed by atoms with Gasteiger partial charge in [0.2, 0.25) is 0 Å². The van der Waals surface area contributed by atoms with Gasteiger partial charge in [0, 0.05) is 0 Å². The van der Waals surface area contributed by atoms with Gasteiger partial charge in [-0.05, 0) is 18.8 Å². The smallest absolute Gasteiger partial charge is 0.332 e. The Labute approximate surface area is 86.8 Å². The van der Waals surface area contributed by atoms with Crippen LogP contribution in [0.15, 0.2) is 0 Å². The van der Waals surface area contributed by atoms with E-state index in [0.717, 1.165) is 12.8 Å². The summed E-state index contributed by atoms with van der Waals surface area (Å²) in [5.74, 6) is 0.123. The highest BCUT2D eigenvalue weighted by Crippen LogP contribution is 2.02. The van der Waals surface area contributed by atoms with Crippen LogP contribution < -0.4 is 0 Å². The Morgan fingerprint density at radius 1 is 1.21 bits per heavy atom. The first kappa shape index (κ1) is 13.4. The summed E-state index contributed by atoms with van der Waals surface area (Å²) in [7, 11) is 0. The maximum atomic E-state index is 11.1. The van der Waals surface area contributed by atoms with Gasteiger partial charge in [0.25, 0.3) is 0 Å². The van der Waals surface area contributed by atoms with E-state index in [1.807, 2.05) is 27.7 Å². The van der Waals surface area contributed by atoms with Gasteiger partial charge < -0.3 is 9.47 Å². The Morgan fingerprint density at radius 3 is 2.21 bits per heavy atom. The van der Waals surface area contributed by atoms with Gasteiger partial charge in [-0.15, -0.1) is 0 Å². The molecule has 0 aromatic carbocycles. The van der Waals surface area contributed by atoms with Gasteiger partial charge in [0.1, 0.15) is 6.61 Å². The van der Waals surface area contributed by atoms with Crippen LogP contribution in [0.1, 0.15) is 40.5 Å². The molecule has 84 valence electrons. The molecule has 0 aromatic rings. The minimum atomic E-state index is -0.259. The van der Waals surface area contributed by atoms with Crippen molar-refractivity contribution in [2.24, 2.45) is 5.92 Å². The SMILES string of the molecule is CCC(CC)OCC(=O)OCC(C)C. The second kappa shape index (κ2) is 7.80. The molecule has 0 amide bonds. The van der Waals surface area contributed by atoms with Crippen LogP contribution in [0.25, 0.3) is 0 Å². The fraction of sp³-hybridized carbons (Fsp3) is 0.909. The Kier molecular flexibility index (Phi) is 7.48. The third-order valence-electron chi connectivity index (χ3n) is 1.93. The molecule has 0 aliphatic heterocycles. The first-order valence-electron chi connectivity index (χ1n) is 5.37. The van der Waals surface area contributed by atoms with Gasteiger partial charge in [-0.3, -0.25) is 0 Å². The molecule has 0 N–H and O–H groups in total. The third-order valence-corrected chi connectivity index (χ3v) is 1.93. The lowest BCUT2D eigenvalue weighted by Gasteiger charge is -2.13. The molecular formula is C11H22O3. The molecule has 0 fully saturated rings. The van der Waals surface area contributed by atoms with Crippen molar-refractivity contribution >= 4 is 5.97 Å². The van der Waals surface area contributed by atoms with Gasteiger partial charge in [-0.1, -0.05) is 27.7 Å². The summed E-state index contributed by atoms with van der Waals surface area (Å²) in [6.07, 6.45) is 2.06. The number of carbonyl (C=O) groups is 1. The van der Waals surface area contributed by atoms with E-state index in [0.29, 0.717) is 12.5 Å². The summed E-state index contributed by atoms with van der Waals surface area (Å²) in [6, 6.07) is 0. The Balaban J connectivity index is 3.52. The number of hydrogen-bond donors (Lipinski definition) is 0. The second-order valence-corrected chi connectivity index (χ2v) is 3.83. The molecule has 0 unspecified atom stereocenters. The van der Waals surface area contributed by atoms with Gasteiger partial charge in [0.15, 0.2) is 0 Å². The van der Waals surface area contributed by atoms with Crippen LogP contribution in [0.3, 0.4) is 0 Å². The number of hydrogen-bond acceptors (Lipinski definition) is 3. The molecular weight excluding hydrogens is 180 g/mol. The predicted octanol–water partition coefficient (Wildman–Crippen LogP) is 2.39. The van der Waals surface area contributed by atoms with Crippen molar-refractivity contribution < 1.29 is 14.3 Å². The predicted molar refractivity (Wildman–Crippen MR) is 56.1 cm³/mol. The zero-order valence-electron chi connectivity index (χ0n) is 9.71. The van der Waals surface area contributed by atoms with Crippen LogP contribution in [0.4, 0.5) is 0 Å². The summed E-state index contributed by atoms with van der Waals surface area (Å²) in [5, 5.41) is 0. The molecule has 0 radical (unpaired) electrons. The highest BCUT2D eigenvalue weighted by atomic mass is 16.6. The van der Waals surface area contributed by atoms with Crippen LogP contribution in [0, 0.1) is 5.92 Å². The summed E-state index contributed by atoms with van der Waals surface area (Å²) in [6.45, 7) is 8.68. The number of rotatable bonds is 7. The molecule has 0 rings (SSSR count). The normalized spacial score (nSPS) is 11.0. The van der Waals surface area contributed by atoms with Gasteiger partial charge in [-0.25, -0.2) is 4.79 Å². The molecule has 14 heavy (non-hydrogen) atoms. The van der Waals surface area contributed by atoms with Crippen molar-refractivity contribution in [3.8, 4) is 0 Å². The van der Waals surface area contributed by atoms with Crippen LogP contribution in [-0.2, 0) is 14.3 Å². The molecule has 0 aliphatic carbocycles. The first-order valence-corrected chi connectivity index (χ1v) is 5.37. The molecule has 0 saturated heterocycles. The lowest BCUT2D eigenvalue weighted by Crippen LogP contribution is -2.20. The monoisotopic (exact) mass is 202 g/mol. The van der Waals surface area contributed by atoms with E-state index in [4.69, 9.17) is 9.47 Å². The standard InChI is InChI=1S/C11H22O3/c1-5-10(6-2)13-8-11(12)14-7-9(3)4/h9-10H,5-8H2,1-4H3. The van der Waals surface area contributed by atoms with Crippen molar-refractivity contribution in [2.75, 3.05) is 13.2 Å². The average molecular weight is 202 g/mol. The van der Waals surface area contributed by atoms with E-state index in [-0.39, 0.29) is 18.7 Å². The third kappa shape index (κ3) is 6.89. The molecule has 0 heterocycles. The van der Waals surface area contributed by atoms with Crippen LogP contribution in [-0.4, -0.2) is 25.3 Å². The largest absolute Gasteiger partial charge is 0.464 e. The fourth-order valence-electron chi connectivity index (χ4n) is 1.01. The van der Waals surface area contributed by atoms with Crippen molar-refractivity contribution in [3.63, 3.8) is 0 Å². The molecule has 0 aliphatic rings. The van der Waals surface area contributed by atoms with Crippen LogP contribution >= 0.6 is 0 Å². The summed E-state index contributed by atoms with van der Waals surface area (Å²) < 4.78 is 10.3. The van der Waals surface area contributed by atoms with E-state index in [9.17, 15) is 4.79 Å². The maximum Gasteiger partial charge on any atom is 0.332 e. The zero-order valence-corrected chi connectivity index (χ0v) is 9.71. The summed E-state index contributed by atoms with van der Waals surface area (Å²) in [4.78, 5) is 11.1. The average Bonchev–Trinajstić information content (AvgIpc) is 2.16. The van der Waals surface area contributed by atoms with E-state index in [1.54, 1.807) is 0 Å². The van der Waals surface area contributed by atoms with Gasteiger partial charge >= 0.3 is 5.97 Å². The lowest BCUT2D eigenvalue weighted by atomic mass is 10.2. The second-order valence-electron chi connectivity index (χ2n) is 3.83. The van der Waals surface area contributed by atoms with Gasteiger partial charge in [-0.2, -0.15) is 0 Å². The van der Waals surface area contributed by atoms with E-state index in [1.165, 1.54) is 0 Å². The summed E-state index contributed by atoms with van der Waals surface area (Å²) in [5.41, 5.74) is 0.